The standard InChI is InChI=1S/C13H15N3O4/c17-9-12(18)8-15-5-4-14-13(15)7-10-2-1-3-11(6-10)16(19)20/h1-6,12,17-18H,7-9H2. The number of non-ortho nitro benzene ring substituents is 1. The van der Waals surface area contributed by atoms with Crippen LogP contribution in [0.1, 0.15) is 11.4 Å². The van der Waals surface area contributed by atoms with Gasteiger partial charge in [-0.1, -0.05) is 12.1 Å². The van der Waals surface area contributed by atoms with Crippen molar-refractivity contribution in [1.82, 2.24) is 9.55 Å². The second kappa shape index (κ2) is 6.27. The second-order valence-corrected chi connectivity index (χ2v) is 4.44. The average Bonchev–Trinajstić information content (AvgIpc) is 2.86. The molecule has 106 valence electrons. The minimum atomic E-state index is -0.854. The highest BCUT2D eigenvalue weighted by Gasteiger charge is 2.11. The fourth-order valence-electron chi connectivity index (χ4n) is 1.92. The predicted octanol–water partition coefficient (Wildman–Crippen LogP) is 0.735. The highest BCUT2D eigenvalue weighted by atomic mass is 16.6. The van der Waals surface area contributed by atoms with Gasteiger partial charge in [0.05, 0.1) is 24.2 Å². The summed E-state index contributed by atoms with van der Waals surface area (Å²) in [6.07, 6.45) is 2.86. The lowest BCUT2D eigenvalue weighted by molar-refractivity contribution is -0.384. The van der Waals surface area contributed by atoms with Crippen molar-refractivity contribution in [2.45, 2.75) is 19.1 Å². The lowest BCUT2D eigenvalue weighted by Gasteiger charge is -2.11. The van der Waals surface area contributed by atoms with Crippen LogP contribution in [0.25, 0.3) is 0 Å². The summed E-state index contributed by atoms with van der Waals surface area (Å²) in [6, 6.07) is 6.35. The molecule has 2 N–H and O–H groups in total. The average molecular weight is 277 g/mol. The van der Waals surface area contributed by atoms with Crippen LogP contribution in [0, 0.1) is 10.1 Å². The molecule has 1 aromatic carbocycles. The lowest BCUT2D eigenvalue weighted by atomic mass is 10.1. The molecule has 0 saturated heterocycles. The molecule has 1 atom stereocenters. The third-order valence-corrected chi connectivity index (χ3v) is 2.90. The van der Waals surface area contributed by atoms with Gasteiger partial charge in [0, 0.05) is 30.9 Å². The van der Waals surface area contributed by atoms with E-state index in [-0.39, 0.29) is 18.8 Å². The molecule has 0 aliphatic rings. The maximum atomic E-state index is 10.7. The third kappa shape index (κ3) is 3.40. The molecule has 1 aromatic heterocycles. The van der Waals surface area contributed by atoms with Crippen LogP contribution in [0.4, 0.5) is 5.69 Å². The van der Waals surface area contributed by atoms with E-state index in [1.165, 1.54) is 12.1 Å². The molecule has 0 bridgehead atoms. The number of hydrogen-bond acceptors (Lipinski definition) is 5. The van der Waals surface area contributed by atoms with E-state index in [0.29, 0.717) is 12.2 Å². The number of nitrogens with zero attached hydrogens (tertiary/aromatic N) is 3. The Balaban J connectivity index is 2.16. The number of aromatic nitrogens is 2. The molecule has 7 nitrogen and oxygen atoms in total. The quantitative estimate of drug-likeness (QED) is 0.599. The monoisotopic (exact) mass is 277 g/mol. The summed E-state index contributed by atoms with van der Waals surface area (Å²) in [5.41, 5.74) is 0.807. The topological polar surface area (TPSA) is 101 Å². The number of aliphatic hydroxyl groups excluding tert-OH is 2. The van der Waals surface area contributed by atoms with Crippen LogP contribution < -0.4 is 0 Å². The zero-order chi connectivity index (χ0) is 14.5. The van der Waals surface area contributed by atoms with Crippen LogP contribution in [0.5, 0.6) is 0 Å². The Morgan fingerprint density at radius 2 is 2.25 bits per heavy atom. The first-order valence-electron chi connectivity index (χ1n) is 6.12. The first-order chi connectivity index (χ1) is 9.60. The SMILES string of the molecule is O=[N+]([O-])c1cccc(Cc2nccn2CC(O)CO)c1. The molecule has 0 spiro atoms. The number of imidazole rings is 1. The van der Waals surface area contributed by atoms with E-state index in [1.54, 1.807) is 29.1 Å². The van der Waals surface area contributed by atoms with Gasteiger partial charge >= 0.3 is 0 Å². The number of nitro benzene ring substituents is 1. The molecule has 1 unspecified atom stereocenters. The molecule has 7 heteroatoms. The van der Waals surface area contributed by atoms with Crippen molar-refractivity contribution < 1.29 is 15.1 Å². The maximum absolute atomic E-state index is 10.7. The molecule has 0 saturated carbocycles. The molecule has 20 heavy (non-hydrogen) atoms. The summed E-state index contributed by atoms with van der Waals surface area (Å²) in [5, 5.41) is 29.0. The van der Waals surface area contributed by atoms with E-state index >= 15 is 0 Å². The summed E-state index contributed by atoms with van der Waals surface area (Å²) in [7, 11) is 0. The van der Waals surface area contributed by atoms with Crippen LogP contribution in [-0.2, 0) is 13.0 Å². The Labute approximate surface area is 115 Å². The van der Waals surface area contributed by atoms with E-state index in [1.807, 2.05) is 0 Å². The Bertz CT molecular complexity index is 597. The van der Waals surface area contributed by atoms with Gasteiger partial charge in [-0.15, -0.1) is 0 Å². The van der Waals surface area contributed by atoms with Crippen LogP contribution in [0.3, 0.4) is 0 Å². The Hall–Kier alpha value is -2.25. The first-order valence-corrected chi connectivity index (χ1v) is 6.12. The number of nitro groups is 1. The fraction of sp³-hybridized carbons (Fsp3) is 0.308. The number of rotatable bonds is 6. The summed E-state index contributed by atoms with van der Waals surface area (Å²) in [6.45, 7) is -0.0881. The Kier molecular flexibility index (Phi) is 4.44. The Morgan fingerprint density at radius 3 is 2.95 bits per heavy atom. The van der Waals surface area contributed by atoms with Crippen LogP contribution in [-0.4, -0.2) is 37.4 Å². The van der Waals surface area contributed by atoms with E-state index in [2.05, 4.69) is 4.98 Å². The zero-order valence-electron chi connectivity index (χ0n) is 10.7. The highest BCUT2D eigenvalue weighted by Crippen LogP contribution is 2.16. The van der Waals surface area contributed by atoms with E-state index in [0.717, 1.165) is 5.56 Å². The van der Waals surface area contributed by atoms with Gasteiger partial charge in [0.25, 0.3) is 5.69 Å². The molecular formula is C13H15N3O4. The van der Waals surface area contributed by atoms with E-state index in [4.69, 9.17) is 5.11 Å². The van der Waals surface area contributed by atoms with Gasteiger partial charge in [0.2, 0.25) is 0 Å². The molecular weight excluding hydrogens is 262 g/mol. The van der Waals surface area contributed by atoms with E-state index < -0.39 is 11.0 Å². The van der Waals surface area contributed by atoms with Gasteiger partial charge in [-0.2, -0.15) is 0 Å². The van der Waals surface area contributed by atoms with Gasteiger partial charge in [-0.05, 0) is 5.56 Å². The van der Waals surface area contributed by atoms with Crippen molar-refractivity contribution in [1.29, 1.82) is 0 Å². The fourth-order valence-corrected chi connectivity index (χ4v) is 1.92. The van der Waals surface area contributed by atoms with Crippen LogP contribution >= 0.6 is 0 Å². The number of aliphatic hydroxyl groups is 2. The molecule has 2 rings (SSSR count). The number of benzene rings is 1. The van der Waals surface area contributed by atoms with Gasteiger partial charge in [0.15, 0.2) is 0 Å². The van der Waals surface area contributed by atoms with Gasteiger partial charge < -0.3 is 14.8 Å². The summed E-state index contributed by atoms with van der Waals surface area (Å²) < 4.78 is 1.72. The summed E-state index contributed by atoms with van der Waals surface area (Å²) >= 11 is 0. The van der Waals surface area contributed by atoms with E-state index in [9.17, 15) is 15.2 Å². The van der Waals surface area contributed by atoms with Crippen molar-refractivity contribution in [3.05, 3.63) is 58.2 Å². The molecule has 0 aliphatic carbocycles. The molecule has 0 fully saturated rings. The maximum Gasteiger partial charge on any atom is 0.269 e. The van der Waals surface area contributed by atoms with Crippen molar-refractivity contribution in [3.8, 4) is 0 Å². The highest BCUT2D eigenvalue weighted by molar-refractivity contribution is 5.35. The van der Waals surface area contributed by atoms with Crippen LogP contribution in [0.15, 0.2) is 36.7 Å². The minimum Gasteiger partial charge on any atom is -0.394 e. The van der Waals surface area contributed by atoms with Gasteiger partial charge in [0.1, 0.15) is 5.82 Å². The van der Waals surface area contributed by atoms with Crippen molar-refractivity contribution in [2.75, 3.05) is 6.61 Å². The molecule has 2 aromatic rings. The molecule has 0 aliphatic heterocycles. The molecule has 0 radical (unpaired) electrons. The summed E-state index contributed by atoms with van der Waals surface area (Å²) in [5.74, 6) is 0.679. The lowest BCUT2D eigenvalue weighted by Crippen LogP contribution is -2.20. The zero-order valence-corrected chi connectivity index (χ0v) is 10.7. The Morgan fingerprint density at radius 1 is 1.45 bits per heavy atom. The van der Waals surface area contributed by atoms with Crippen molar-refractivity contribution in [2.24, 2.45) is 0 Å². The smallest absolute Gasteiger partial charge is 0.269 e. The van der Waals surface area contributed by atoms with Crippen molar-refractivity contribution in [3.63, 3.8) is 0 Å². The summed E-state index contributed by atoms with van der Waals surface area (Å²) in [4.78, 5) is 14.5. The molecule has 0 amide bonds. The van der Waals surface area contributed by atoms with Crippen molar-refractivity contribution >= 4 is 5.69 Å². The normalized spacial score (nSPS) is 12.3. The third-order valence-electron chi connectivity index (χ3n) is 2.90. The number of hydrogen-bond donors (Lipinski definition) is 2. The molecule has 1 heterocycles. The van der Waals surface area contributed by atoms with Gasteiger partial charge in [-0.25, -0.2) is 4.98 Å². The largest absolute Gasteiger partial charge is 0.394 e. The predicted molar refractivity (Wildman–Crippen MR) is 71.2 cm³/mol. The minimum absolute atomic E-state index is 0.0380. The van der Waals surface area contributed by atoms with Gasteiger partial charge in [-0.3, -0.25) is 10.1 Å². The first kappa shape index (κ1) is 14.2. The van der Waals surface area contributed by atoms with Crippen LogP contribution in [0.2, 0.25) is 0 Å². The second-order valence-electron chi connectivity index (χ2n) is 4.44.